The molecule has 0 aliphatic rings. The number of nitrogens with one attached hydrogen (secondary N) is 1. The van der Waals surface area contributed by atoms with E-state index in [0.717, 1.165) is 16.9 Å². The molecule has 2 rings (SSSR count). The number of aromatic nitrogens is 1. The van der Waals surface area contributed by atoms with Crippen LogP contribution in [0.5, 0.6) is 5.75 Å². The molecule has 0 saturated heterocycles. The summed E-state index contributed by atoms with van der Waals surface area (Å²) in [5.74, 6) is -0.0474. The lowest BCUT2D eigenvalue weighted by molar-refractivity contribution is -0.149. The molecule has 0 saturated carbocycles. The number of hydrogen-bond donors (Lipinski definition) is 2. The summed E-state index contributed by atoms with van der Waals surface area (Å²) in [6, 6.07) is 9.27. The van der Waals surface area contributed by atoms with Crippen molar-refractivity contribution in [2.45, 2.75) is 39.8 Å². The van der Waals surface area contributed by atoms with Crippen molar-refractivity contribution < 1.29 is 14.6 Å². The zero-order valence-electron chi connectivity index (χ0n) is 15.2. The summed E-state index contributed by atoms with van der Waals surface area (Å²) >= 11 is 6.12. The summed E-state index contributed by atoms with van der Waals surface area (Å²) in [4.78, 5) is 15.7. The highest BCUT2D eigenvalue weighted by atomic mass is 35.5. The Labute approximate surface area is 159 Å². The molecular weight excluding hydrogens is 352 g/mol. The minimum atomic E-state index is -0.769. The molecule has 1 aromatic carbocycles. The van der Waals surface area contributed by atoms with Gasteiger partial charge >= 0.3 is 5.97 Å². The Morgan fingerprint density at radius 1 is 1.31 bits per heavy atom. The zero-order chi connectivity index (χ0) is 19.0. The Morgan fingerprint density at radius 2 is 2.08 bits per heavy atom. The fourth-order valence-corrected chi connectivity index (χ4v) is 2.98. The Morgan fingerprint density at radius 3 is 2.69 bits per heavy atom. The van der Waals surface area contributed by atoms with Gasteiger partial charge in [-0.25, -0.2) is 0 Å². The van der Waals surface area contributed by atoms with E-state index in [1.807, 2.05) is 38.1 Å². The van der Waals surface area contributed by atoms with Gasteiger partial charge in [0, 0.05) is 41.6 Å². The average Bonchev–Trinajstić information content (AvgIpc) is 2.65. The number of nitrogens with zero attached hydrogens (tertiary/aromatic N) is 1. The number of rotatable bonds is 10. The van der Waals surface area contributed by atoms with Gasteiger partial charge in [0.15, 0.2) is 0 Å². The molecule has 0 unspecified atom stereocenters. The number of pyridine rings is 1. The summed E-state index contributed by atoms with van der Waals surface area (Å²) in [6.45, 7) is 5.09. The van der Waals surface area contributed by atoms with Gasteiger partial charge in [-0.1, -0.05) is 31.5 Å². The summed E-state index contributed by atoms with van der Waals surface area (Å²) < 4.78 is 5.91. The van der Waals surface area contributed by atoms with E-state index in [-0.39, 0.29) is 0 Å². The van der Waals surface area contributed by atoms with Crippen molar-refractivity contribution in [3.8, 4) is 5.75 Å². The summed E-state index contributed by atoms with van der Waals surface area (Å²) in [7, 11) is 0. The van der Waals surface area contributed by atoms with Crippen LogP contribution in [0, 0.1) is 5.41 Å². The maximum absolute atomic E-state index is 11.6. The number of carboxylic acids is 1. The van der Waals surface area contributed by atoms with Crippen molar-refractivity contribution in [3.05, 3.63) is 58.9 Å². The number of aliphatic carboxylic acids is 1. The third-order valence-corrected chi connectivity index (χ3v) is 4.96. The predicted octanol–water partition coefficient (Wildman–Crippen LogP) is 4.29. The molecule has 0 fully saturated rings. The van der Waals surface area contributed by atoms with Crippen LogP contribution < -0.4 is 10.1 Å². The highest BCUT2D eigenvalue weighted by molar-refractivity contribution is 6.30. The fraction of sp³-hybridized carbons (Fsp3) is 0.400. The molecule has 26 heavy (non-hydrogen) atoms. The number of carboxylic acid groups (broad SMARTS) is 1. The maximum Gasteiger partial charge on any atom is 0.310 e. The van der Waals surface area contributed by atoms with Crippen molar-refractivity contribution in [3.63, 3.8) is 0 Å². The van der Waals surface area contributed by atoms with E-state index < -0.39 is 11.4 Å². The van der Waals surface area contributed by atoms with E-state index in [0.29, 0.717) is 37.6 Å². The Balaban J connectivity index is 2.04. The van der Waals surface area contributed by atoms with Crippen LogP contribution in [0.2, 0.25) is 5.02 Å². The van der Waals surface area contributed by atoms with Gasteiger partial charge in [-0.3, -0.25) is 9.78 Å². The molecule has 0 atom stereocenters. The summed E-state index contributed by atoms with van der Waals surface area (Å²) in [5, 5.41) is 13.4. The number of ether oxygens (including phenoxy) is 1. The lowest BCUT2D eigenvalue weighted by atomic mass is 9.82. The van der Waals surface area contributed by atoms with Gasteiger partial charge in [0.2, 0.25) is 0 Å². The van der Waals surface area contributed by atoms with Crippen LogP contribution in [-0.4, -0.2) is 22.6 Å². The lowest BCUT2D eigenvalue weighted by Crippen LogP contribution is -2.40. The van der Waals surface area contributed by atoms with Crippen LogP contribution in [0.1, 0.15) is 37.8 Å². The molecule has 0 aliphatic heterocycles. The molecule has 0 spiro atoms. The minimum Gasteiger partial charge on any atom is -0.489 e. The minimum absolute atomic E-state index is 0.393. The van der Waals surface area contributed by atoms with Gasteiger partial charge in [-0.2, -0.15) is 0 Å². The third kappa shape index (κ3) is 5.19. The Hall–Kier alpha value is -2.11. The Bertz CT molecular complexity index is 718. The molecule has 0 amide bonds. The first-order chi connectivity index (χ1) is 12.5. The first kappa shape index (κ1) is 20.2. The van der Waals surface area contributed by atoms with Crippen LogP contribution in [0.25, 0.3) is 0 Å². The van der Waals surface area contributed by atoms with Crippen molar-refractivity contribution >= 4 is 17.6 Å². The number of carbonyl (C=O) groups is 1. The number of halogens is 1. The van der Waals surface area contributed by atoms with Crippen LogP contribution in [0.15, 0.2) is 42.7 Å². The van der Waals surface area contributed by atoms with Gasteiger partial charge in [-0.05, 0) is 37.1 Å². The molecule has 140 valence electrons. The summed E-state index contributed by atoms with van der Waals surface area (Å²) in [5.41, 5.74) is 1.12. The first-order valence-corrected chi connectivity index (χ1v) is 9.13. The van der Waals surface area contributed by atoms with Gasteiger partial charge in [0.05, 0.1) is 5.41 Å². The summed E-state index contributed by atoms with van der Waals surface area (Å²) in [6.07, 6.45) is 4.63. The second kappa shape index (κ2) is 9.55. The lowest BCUT2D eigenvalue weighted by Gasteiger charge is -2.27. The van der Waals surface area contributed by atoms with E-state index in [1.54, 1.807) is 18.5 Å². The topological polar surface area (TPSA) is 71.5 Å². The molecule has 1 aromatic heterocycles. The van der Waals surface area contributed by atoms with Crippen LogP contribution in [-0.2, 0) is 17.9 Å². The monoisotopic (exact) mass is 376 g/mol. The molecule has 2 N–H and O–H groups in total. The number of benzene rings is 1. The SMILES string of the molecule is CCC(CC)(CNCc1cc(Cl)ccc1OCc1cccnc1)C(=O)O. The van der Waals surface area contributed by atoms with Gasteiger partial charge in [-0.15, -0.1) is 0 Å². The smallest absolute Gasteiger partial charge is 0.310 e. The van der Waals surface area contributed by atoms with E-state index in [4.69, 9.17) is 16.3 Å². The molecule has 0 aliphatic carbocycles. The van der Waals surface area contributed by atoms with E-state index in [9.17, 15) is 9.90 Å². The highest BCUT2D eigenvalue weighted by Gasteiger charge is 2.34. The van der Waals surface area contributed by atoms with Crippen molar-refractivity contribution in [2.75, 3.05) is 6.54 Å². The maximum atomic E-state index is 11.6. The molecule has 5 nitrogen and oxygen atoms in total. The molecule has 0 bridgehead atoms. The standard InChI is InChI=1S/C20H25ClN2O3/c1-3-20(4-2,19(24)25)14-23-12-16-10-17(21)7-8-18(16)26-13-15-6-5-9-22-11-15/h5-11,23H,3-4,12-14H2,1-2H3,(H,24,25). The fourth-order valence-electron chi connectivity index (χ4n) is 2.79. The van der Waals surface area contributed by atoms with E-state index in [1.165, 1.54) is 0 Å². The Kier molecular flexibility index (Phi) is 7.42. The number of hydrogen-bond acceptors (Lipinski definition) is 4. The largest absolute Gasteiger partial charge is 0.489 e. The van der Waals surface area contributed by atoms with Crippen molar-refractivity contribution in [2.24, 2.45) is 5.41 Å². The zero-order valence-corrected chi connectivity index (χ0v) is 15.9. The normalized spacial score (nSPS) is 11.3. The quantitative estimate of drug-likeness (QED) is 0.647. The highest BCUT2D eigenvalue weighted by Crippen LogP contribution is 2.27. The van der Waals surface area contributed by atoms with E-state index >= 15 is 0 Å². The van der Waals surface area contributed by atoms with Gasteiger partial charge in [0.25, 0.3) is 0 Å². The molecular formula is C20H25ClN2O3. The van der Waals surface area contributed by atoms with Gasteiger partial charge in [0.1, 0.15) is 12.4 Å². The van der Waals surface area contributed by atoms with Crippen LogP contribution in [0.4, 0.5) is 0 Å². The second-order valence-electron chi connectivity index (χ2n) is 6.30. The predicted molar refractivity (Wildman–Crippen MR) is 102 cm³/mol. The van der Waals surface area contributed by atoms with Crippen molar-refractivity contribution in [1.29, 1.82) is 0 Å². The molecule has 0 radical (unpaired) electrons. The van der Waals surface area contributed by atoms with Gasteiger partial charge < -0.3 is 15.2 Å². The molecule has 2 aromatic rings. The average molecular weight is 377 g/mol. The molecule has 6 heteroatoms. The van der Waals surface area contributed by atoms with Crippen LogP contribution >= 0.6 is 11.6 Å². The third-order valence-electron chi connectivity index (χ3n) is 4.73. The van der Waals surface area contributed by atoms with Crippen molar-refractivity contribution in [1.82, 2.24) is 10.3 Å². The second-order valence-corrected chi connectivity index (χ2v) is 6.73. The molecule has 1 heterocycles. The van der Waals surface area contributed by atoms with E-state index in [2.05, 4.69) is 10.3 Å². The van der Waals surface area contributed by atoms with Crippen LogP contribution in [0.3, 0.4) is 0 Å². The first-order valence-electron chi connectivity index (χ1n) is 8.75.